The Morgan fingerprint density at radius 3 is 1.80 bits per heavy atom. The Hall–Kier alpha value is -6.38. The summed E-state index contributed by atoms with van der Waals surface area (Å²) in [7, 11) is 0. The largest absolute Gasteiger partial charge is 0.457 e. The van der Waals surface area contributed by atoms with Crippen LogP contribution in [0.25, 0.3) is 60.5 Å². The van der Waals surface area contributed by atoms with E-state index in [4.69, 9.17) is 4.74 Å². The van der Waals surface area contributed by atoms with Crippen LogP contribution in [0.1, 0.15) is 22.3 Å². The molecule has 9 aromatic rings. The van der Waals surface area contributed by atoms with Crippen LogP contribution in [0.4, 0.5) is 0 Å². The Balaban J connectivity index is 1.18. The molecule has 0 saturated carbocycles. The number of para-hydroxylation sites is 2. The molecule has 0 amide bonds. The van der Waals surface area contributed by atoms with Gasteiger partial charge in [-0.15, -0.1) is 0 Å². The molecule has 1 aromatic heterocycles. The van der Waals surface area contributed by atoms with Crippen LogP contribution in [-0.4, -0.2) is 4.57 Å². The summed E-state index contributed by atoms with van der Waals surface area (Å²) in [5.41, 5.74) is 13.0. The Morgan fingerprint density at radius 2 is 1.00 bits per heavy atom. The van der Waals surface area contributed by atoms with Crippen LogP contribution >= 0.6 is 0 Å². The maximum Gasteiger partial charge on any atom is 0.134 e. The van der Waals surface area contributed by atoms with Crippen LogP contribution in [0.3, 0.4) is 0 Å². The monoisotopic (exact) mass is 623 g/mol. The minimum Gasteiger partial charge on any atom is -0.457 e. The number of ether oxygens (including phenoxy) is 1. The predicted molar refractivity (Wildman–Crippen MR) is 201 cm³/mol. The van der Waals surface area contributed by atoms with E-state index in [1.54, 1.807) is 0 Å². The molecule has 0 unspecified atom stereocenters. The molecule has 0 atom stereocenters. The second-order valence-corrected chi connectivity index (χ2v) is 13.2. The predicted octanol–water partition coefficient (Wildman–Crippen LogP) is 12.1. The second-order valence-electron chi connectivity index (χ2n) is 13.2. The summed E-state index contributed by atoms with van der Waals surface area (Å²) in [4.78, 5) is 0. The van der Waals surface area contributed by atoms with Crippen molar-refractivity contribution in [1.29, 1.82) is 0 Å². The number of aromatic nitrogens is 1. The molecule has 0 saturated heterocycles. The second kappa shape index (κ2) is 9.82. The van der Waals surface area contributed by atoms with E-state index in [-0.39, 0.29) is 0 Å². The van der Waals surface area contributed by atoms with Crippen molar-refractivity contribution in [3.8, 4) is 39.4 Å². The van der Waals surface area contributed by atoms with Crippen LogP contribution in [0.5, 0.6) is 11.5 Å². The van der Waals surface area contributed by atoms with Crippen molar-refractivity contribution in [3.63, 3.8) is 0 Å². The number of hydrogen-bond acceptors (Lipinski definition) is 1. The number of hydrogen-bond donors (Lipinski definition) is 0. The van der Waals surface area contributed by atoms with E-state index in [1.165, 1.54) is 71.6 Å². The lowest BCUT2D eigenvalue weighted by Crippen LogP contribution is -2.32. The third kappa shape index (κ3) is 3.50. The van der Waals surface area contributed by atoms with E-state index >= 15 is 0 Å². The van der Waals surface area contributed by atoms with Crippen molar-refractivity contribution >= 4 is 32.6 Å². The highest BCUT2D eigenvalue weighted by Crippen LogP contribution is 2.62. The zero-order valence-corrected chi connectivity index (χ0v) is 26.6. The van der Waals surface area contributed by atoms with Crippen LogP contribution in [0, 0.1) is 0 Å². The molecule has 2 heteroatoms. The number of benzene rings is 8. The molecular formula is C47H29NO. The van der Waals surface area contributed by atoms with E-state index in [0.29, 0.717) is 0 Å². The van der Waals surface area contributed by atoms with Crippen molar-refractivity contribution in [2.24, 2.45) is 0 Å². The van der Waals surface area contributed by atoms with Gasteiger partial charge < -0.3 is 9.30 Å². The molecule has 49 heavy (non-hydrogen) atoms. The van der Waals surface area contributed by atoms with Crippen LogP contribution in [0.15, 0.2) is 176 Å². The topological polar surface area (TPSA) is 14.2 Å². The first-order valence-electron chi connectivity index (χ1n) is 16.9. The van der Waals surface area contributed by atoms with Gasteiger partial charge in [0, 0.05) is 33.7 Å². The van der Waals surface area contributed by atoms with Gasteiger partial charge in [0.05, 0.1) is 16.4 Å². The summed E-state index contributed by atoms with van der Waals surface area (Å²) in [6.45, 7) is 0. The number of nitrogens with zero attached hydrogens (tertiary/aromatic N) is 1. The standard InChI is InChI=1S/C47H29NO/c1-2-14-33-30(12-1)13-11-18-34(33)31-24-26-32(27-25-31)48-43-22-9-5-17-37(43)38-28-42-46(29-44(38)48)49-45-23-10-8-21-41(45)47(42)39-19-6-3-15-35(39)36-16-4-7-20-40(36)47/h1-29H. The first-order chi connectivity index (χ1) is 24.3. The molecule has 1 aliphatic carbocycles. The first kappa shape index (κ1) is 26.7. The molecule has 2 heterocycles. The van der Waals surface area contributed by atoms with Crippen molar-refractivity contribution < 1.29 is 4.74 Å². The van der Waals surface area contributed by atoms with Crippen molar-refractivity contribution in [2.45, 2.75) is 5.41 Å². The van der Waals surface area contributed by atoms with Gasteiger partial charge in [0.2, 0.25) is 0 Å². The van der Waals surface area contributed by atoms with Gasteiger partial charge >= 0.3 is 0 Å². The highest BCUT2D eigenvalue weighted by Gasteiger charge is 2.51. The Morgan fingerprint density at radius 1 is 0.388 bits per heavy atom. The quantitative estimate of drug-likeness (QED) is 0.187. The van der Waals surface area contributed by atoms with Crippen molar-refractivity contribution in [3.05, 3.63) is 198 Å². The Bertz CT molecular complexity index is 2750. The van der Waals surface area contributed by atoms with Gasteiger partial charge in [-0.05, 0) is 74.5 Å². The Labute approximate surface area is 284 Å². The number of rotatable bonds is 2. The van der Waals surface area contributed by atoms with Gasteiger partial charge in [-0.1, -0.05) is 140 Å². The molecule has 11 rings (SSSR count). The lowest BCUT2D eigenvalue weighted by Gasteiger charge is -2.39. The van der Waals surface area contributed by atoms with E-state index in [1.807, 2.05) is 0 Å². The third-order valence-electron chi connectivity index (χ3n) is 10.9. The first-order valence-corrected chi connectivity index (χ1v) is 16.9. The van der Waals surface area contributed by atoms with Crippen LogP contribution in [0.2, 0.25) is 0 Å². The minimum atomic E-state index is -0.491. The maximum atomic E-state index is 6.89. The van der Waals surface area contributed by atoms with E-state index in [9.17, 15) is 0 Å². The summed E-state index contributed by atoms with van der Waals surface area (Å²) in [6.07, 6.45) is 0. The zero-order valence-electron chi connectivity index (χ0n) is 26.6. The maximum absolute atomic E-state index is 6.89. The summed E-state index contributed by atoms with van der Waals surface area (Å²) >= 11 is 0. The lowest BCUT2D eigenvalue weighted by atomic mass is 9.66. The van der Waals surface area contributed by atoms with Gasteiger partial charge in [-0.3, -0.25) is 0 Å². The highest BCUT2D eigenvalue weighted by molar-refractivity contribution is 6.10. The fourth-order valence-electron chi connectivity index (χ4n) is 8.86. The molecule has 0 bridgehead atoms. The SMILES string of the molecule is c1ccc2c(c1)Oc1cc3c(cc1C21c2ccccc2-c2ccccc21)c1ccccc1n3-c1ccc(-c2cccc3ccccc23)cc1. The van der Waals surface area contributed by atoms with Gasteiger partial charge in [0.15, 0.2) is 0 Å². The highest BCUT2D eigenvalue weighted by atomic mass is 16.5. The van der Waals surface area contributed by atoms with Gasteiger partial charge in [0.1, 0.15) is 11.5 Å². The smallest absolute Gasteiger partial charge is 0.134 e. The molecule has 0 fully saturated rings. The summed E-state index contributed by atoms with van der Waals surface area (Å²) in [6, 6.07) is 64.1. The lowest BCUT2D eigenvalue weighted by molar-refractivity contribution is 0.437. The Kier molecular flexibility index (Phi) is 5.34. The van der Waals surface area contributed by atoms with Crippen molar-refractivity contribution in [1.82, 2.24) is 4.57 Å². The molecule has 1 aliphatic heterocycles. The molecule has 0 radical (unpaired) electrons. The zero-order chi connectivity index (χ0) is 32.1. The molecule has 8 aromatic carbocycles. The van der Waals surface area contributed by atoms with Gasteiger partial charge in [-0.25, -0.2) is 0 Å². The van der Waals surface area contributed by atoms with Crippen LogP contribution in [-0.2, 0) is 5.41 Å². The summed E-state index contributed by atoms with van der Waals surface area (Å²) in [5.74, 6) is 1.80. The van der Waals surface area contributed by atoms with Crippen LogP contribution < -0.4 is 4.74 Å². The fraction of sp³-hybridized carbons (Fsp3) is 0.0213. The summed E-state index contributed by atoms with van der Waals surface area (Å²) in [5, 5.41) is 4.97. The number of fused-ring (bicyclic) bond motifs is 13. The average Bonchev–Trinajstić information content (AvgIpc) is 3.64. The molecule has 2 aliphatic rings. The van der Waals surface area contributed by atoms with E-state index < -0.39 is 5.41 Å². The molecule has 1 spiro atoms. The van der Waals surface area contributed by atoms with Gasteiger partial charge in [0.25, 0.3) is 0 Å². The summed E-state index contributed by atoms with van der Waals surface area (Å²) < 4.78 is 9.29. The molecule has 0 N–H and O–H groups in total. The molecule has 228 valence electrons. The van der Waals surface area contributed by atoms with Crippen molar-refractivity contribution in [2.75, 3.05) is 0 Å². The van der Waals surface area contributed by atoms with Gasteiger partial charge in [-0.2, -0.15) is 0 Å². The van der Waals surface area contributed by atoms with E-state index in [0.717, 1.165) is 22.7 Å². The van der Waals surface area contributed by atoms with E-state index in [2.05, 4.69) is 180 Å². The molecular weight excluding hydrogens is 595 g/mol. The fourth-order valence-corrected chi connectivity index (χ4v) is 8.86. The normalized spacial score (nSPS) is 13.6. The third-order valence-corrected chi connectivity index (χ3v) is 10.9. The molecule has 2 nitrogen and oxygen atoms in total. The minimum absolute atomic E-state index is 0.491. The average molecular weight is 624 g/mol.